The Kier molecular flexibility index (Phi) is 7.20. The van der Waals surface area contributed by atoms with Crippen LogP contribution in [0, 0.1) is 0 Å². The summed E-state index contributed by atoms with van der Waals surface area (Å²) in [6.07, 6.45) is -3.85. The minimum Gasteiger partial charge on any atom is -0.475 e. The lowest BCUT2D eigenvalue weighted by molar-refractivity contribution is -0.192. The Morgan fingerprint density at radius 2 is 1.79 bits per heavy atom. The maximum absolute atomic E-state index is 13.2. The lowest BCUT2D eigenvalue weighted by Crippen LogP contribution is -2.42. The molecule has 7 nitrogen and oxygen atoms in total. The number of carboxylic acid groups (broad SMARTS) is 1. The van der Waals surface area contributed by atoms with Gasteiger partial charge >= 0.3 is 18.1 Å². The van der Waals surface area contributed by atoms with E-state index < -0.39 is 18.1 Å². The van der Waals surface area contributed by atoms with E-state index in [4.69, 9.17) is 14.3 Å². The third-order valence-corrected chi connectivity index (χ3v) is 4.55. The first kappa shape index (κ1) is 23.0. The number of alkyl halides is 5. The van der Waals surface area contributed by atoms with Gasteiger partial charge < -0.3 is 14.4 Å². The summed E-state index contributed by atoms with van der Waals surface area (Å²) in [7, 11) is 0. The fraction of sp³-hybridized carbons (Fsp3) is 0.706. The molecule has 2 aliphatic rings. The molecule has 0 unspecified atom stereocenters. The van der Waals surface area contributed by atoms with Crippen molar-refractivity contribution in [2.75, 3.05) is 26.2 Å². The highest BCUT2D eigenvalue weighted by molar-refractivity contribution is 5.89. The van der Waals surface area contributed by atoms with Gasteiger partial charge in [0.2, 0.25) is 0 Å². The van der Waals surface area contributed by atoms with Crippen molar-refractivity contribution in [2.24, 2.45) is 0 Å². The smallest absolute Gasteiger partial charge is 0.475 e. The molecular formula is C17H22F5N3O4. The Morgan fingerprint density at radius 3 is 2.31 bits per heavy atom. The molecule has 1 aromatic rings. The monoisotopic (exact) mass is 427 g/mol. The zero-order chi connectivity index (χ0) is 21.8. The first-order valence-electron chi connectivity index (χ1n) is 9.11. The van der Waals surface area contributed by atoms with Crippen LogP contribution in [0.2, 0.25) is 0 Å². The summed E-state index contributed by atoms with van der Waals surface area (Å²) in [5, 5.41) is 7.12. The van der Waals surface area contributed by atoms with E-state index in [2.05, 4.69) is 16.8 Å². The van der Waals surface area contributed by atoms with Crippen molar-refractivity contribution in [2.45, 2.75) is 51.3 Å². The number of carbonyl (C=O) groups is 2. The molecule has 0 aliphatic carbocycles. The number of piperidine rings is 1. The maximum Gasteiger partial charge on any atom is 0.490 e. The Labute approximate surface area is 163 Å². The number of amides is 1. The number of aromatic nitrogens is 1. The molecule has 0 radical (unpaired) electrons. The molecule has 0 saturated carbocycles. The minimum absolute atomic E-state index is 0.0496. The van der Waals surface area contributed by atoms with Crippen LogP contribution in [-0.2, 0) is 17.8 Å². The molecule has 1 aromatic heterocycles. The van der Waals surface area contributed by atoms with Crippen LogP contribution in [0.5, 0.6) is 0 Å². The van der Waals surface area contributed by atoms with Crippen molar-refractivity contribution in [1.82, 2.24) is 14.8 Å². The predicted octanol–water partition coefficient (Wildman–Crippen LogP) is 2.95. The van der Waals surface area contributed by atoms with E-state index in [1.807, 2.05) is 0 Å². The highest BCUT2D eigenvalue weighted by Crippen LogP contribution is 2.29. The Balaban J connectivity index is 0.000000370. The van der Waals surface area contributed by atoms with Gasteiger partial charge in [0.1, 0.15) is 5.76 Å². The van der Waals surface area contributed by atoms with Crippen LogP contribution < -0.4 is 0 Å². The van der Waals surface area contributed by atoms with Crippen LogP contribution in [0.15, 0.2) is 4.42 Å². The summed E-state index contributed by atoms with van der Waals surface area (Å²) in [6, 6.07) is 0. The number of rotatable bonds is 3. The third kappa shape index (κ3) is 6.38. The van der Waals surface area contributed by atoms with Gasteiger partial charge in [-0.25, -0.2) is 18.6 Å². The standard InChI is InChI=1S/C15H21F2N3O2.C2HF3O2/c1-2-6-19-7-3-12-11(10-19)18-13(22-12)14(21)20-8-4-15(16,17)5-9-20;3-2(4,5)1(6)7/h2-10H2,1H3;(H,6,7). The molecule has 3 heterocycles. The van der Waals surface area contributed by atoms with Gasteiger partial charge in [0.25, 0.3) is 11.8 Å². The van der Waals surface area contributed by atoms with Crippen LogP contribution in [0.4, 0.5) is 22.0 Å². The van der Waals surface area contributed by atoms with E-state index in [1.54, 1.807) is 0 Å². The zero-order valence-corrected chi connectivity index (χ0v) is 15.8. The van der Waals surface area contributed by atoms with Crippen molar-refractivity contribution in [3.8, 4) is 0 Å². The molecule has 0 atom stereocenters. The van der Waals surface area contributed by atoms with Crippen LogP contribution >= 0.6 is 0 Å². The molecule has 0 bridgehead atoms. The molecule has 1 amide bonds. The molecular weight excluding hydrogens is 405 g/mol. The minimum atomic E-state index is -5.08. The van der Waals surface area contributed by atoms with Gasteiger partial charge in [-0.3, -0.25) is 9.69 Å². The van der Waals surface area contributed by atoms with Gasteiger partial charge in [-0.05, 0) is 13.0 Å². The number of hydrogen-bond donors (Lipinski definition) is 1. The molecule has 0 spiro atoms. The number of aliphatic carboxylic acids is 1. The molecule has 2 aliphatic heterocycles. The number of oxazole rings is 1. The Hall–Kier alpha value is -2.24. The number of likely N-dealkylation sites (tertiary alicyclic amines) is 1. The quantitative estimate of drug-likeness (QED) is 0.747. The van der Waals surface area contributed by atoms with Crippen LogP contribution in [0.1, 0.15) is 48.3 Å². The van der Waals surface area contributed by atoms with Crippen LogP contribution in [0.25, 0.3) is 0 Å². The van der Waals surface area contributed by atoms with E-state index in [-0.39, 0.29) is 37.7 Å². The summed E-state index contributed by atoms with van der Waals surface area (Å²) in [4.78, 5) is 29.2. The highest BCUT2D eigenvalue weighted by atomic mass is 19.4. The van der Waals surface area contributed by atoms with Crippen molar-refractivity contribution in [1.29, 1.82) is 0 Å². The molecule has 0 aromatic carbocycles. The highest BCUT2D eigenvalue weighted by Gasteiger charge is 2.38. The first-order valence-corrected chi connectivity index (χ1v) is 9.11. The van der Waals surface area contributed by atoms with Gasteiger partial charge in [-0.1, -0.05) is 6.92 Å². The molecule has 164 valence electrons. The molecule has 29 heavy (non-hydrogen) atoms. The Morgan fingerprint density at radius 1 is 1.21 bits per heavy atom. The lowest BCUT2D eigenvalue weighted by atomic mass is 10.1. The van der Waals surface area contributed by atoms with Gasteiger partial charge in [0.15, 0.2) is 0 Å². The van der Waals surface area contributed by atoms with Gasteiger partial charge in [-0.2, -0.15) is 13.2 Å². The number of fused-ring (bicyclic) bond motifs is 1. The third-order valence-electron chi connectivity index (χ3n) is 4.55. The maximum atomic E-state index is 13.2. The topological polar surface area (TPSA) is 86.9 Å². The molecule has 1 fully saturated rings. The molecule has 1 N–H and O–H groups in total. The van der Waals surface area contributed by atoms with Crippen molar-refractivity contribution < 1.29 is 41.1 Å². The molecule has 3 rings (SSSR count). The normalized spacial score (nSPS) is 19.2. The van der Waals surface area contributed by atoms with Crippen LogP contribution in [-0.4, -0.2) is 70.0 Å². The average molecular weight is 427 g/mol. The van der Waals surface area contributed by atoms with E-state index in [0.717, 1.165) is 37.4 Å². The summed E-state index contributed by atoms with van der Waals surface area (Å²) >= 11 is 0. The molecule has 1 saturated heterocycles. The number of carbonyl (C=O) groups excluding carboxylic acids is 1. The SMILES string of the molecule is CCCN1CCc2oc(C(=O)N3CCC(F)(F)CC3)nc2C1.O=C(O)C(F)(F)F. The fourth-order valence-electron chi connectivity index (χ4n) is 3.02. The van der Waals surface area contributed by atoms with E-state index >= 15 is 0 Å². The number of hydrogen-bond acceptors (Lipinski definition) is 5. The number of halogens is 5. The fourth-order valence-corrected chi connectivity index (χ4v) is 3.02. The van der Waals surface area contributed by atoms with Crippen molar-refractivity contribution in [3.63, 3.8) is 0 Å². The second-order valence-corrected chi connectivity index (χ2v) is 6.87. The van der Waals surface area contributed by atoms with Gasteiger partial charge in [0.05, 0.1) is 5.69 Å². The van der Waals surface area contributed by atoms with Gasteiger partial charge in [-0.15, -0.1) is 0 Å². The van der Waals surface area contributed by atoms with E-state index in [0.29, 0.717) is 6.54 Å². The van der Waals surface area contributed by atoms with Crippen LogP contribution in [0.3, 0.4) is 0 Å². The van der Waals surface area contributed by atoms with E-state index in [9.17, 15) is 26.7 Å². The molecule has 12 heteroatoms. The summed E-state index contributed by atoms with van der Waals surface area (Å²) in [6.45, 7) is 4.83. The number of nitrogens with zero attached hydrogens (tertiary/aromatic N) is 3. The first-order chi connectivity index (χ1) is 13.4. The lowest BCUT2D eigenvalue weighted by Gasteiger charge is -2.30. The predicted molar refractivity (Wildman–Crippen MR) is 89.6 cm³/mol. The van der Waals surface area contributed by atoms with Crippen molar-refractivity contribution in [3.05, 3.63) is 17.3 Å². The zero-order valence-electron chi connectivity index (χ0n) is 15.8. The summed E-state index contributed by atoms with van der Waals surface area (Å²) < 4.78 is 63.6. The summed E-state index contributed by atoms with van der Waals surface area (Å²) in [5.74, 6) is -4.97. The second kappa shape index (κ2) is 9.06. The van der Waals surface area contributed by atoms with Gasteiger partial charge in [0, 0.05) is 45.4 Å². The largest absolute Gasteiger partial charge is 0.490 e. The Bertz CT molecular complexity index is 725. The second-order valence-electron chi connectivity index (χ2n) is 6.87. The average Bonchev–Trinajstić information content (AvgIpc) is 3.04. The van der Waals surface area contributed by atoms with E-state index in [1.165, 1.54) is 4.90 Å². The number of carboxylic acids is 1. The summed E-state index contributed by atoms with van der Waals surface area (Å²) in [5.41, 5.74) is 0.811. The van der Waals surface area contributed by atoms with Crippen molar-refractivity contribution >= 4 is 11.9 Å².